The van der Waals surface area contributed by atoms with E-state index >= 15 is 0 Å². The van der Waals surface area contributed by atoms with Gasteiger partial charge >= 0.3 is 12.1 Å². The van der Waals surface area contributed by atoms with Gasteiger partial charge in [0.1, 0.15) is 0 Å². The van der Waals surface area contributed by atoms with Crippen LogP contribution in [-0.4, -0.2) is 41.1 Å². The number of likely N-dealkylation sites (tertiary alicyclic amines) is 1. The van der Waals surface area contributed by atoms with Crippen molar-refractivity contribution in [1.82, 2.24) is 4.90 Å². The minimum Gasteiger partial charge on any atom is -0.481 e. The molecule has 0 bridgehead atoms. The predicted molar refractivity (Wildman–Crippen MR) is 74.5 cm³/mol. The topological polar surface area (TPSA) is 57.6 Å². The molecule has 1 heterocycles. The number of amides is 1. The van der Waals surface area contributed by atoms with E-state index in [4.69, 9.17) is 5.11 Å². The number of aliphatic carboxylic acids is 1. The summed E-state index contributed by atoms with van der Waals surface area (Å²) in [6.07, 6.45) is -4.53. The molecule has 4 atom stereocenters. The second kappa shape index (κ2) is 5.96. The Balaban J connectivity index is 1.73. The van der Waals surface area contributed by atoms with Crippen molar-refractivity contribution < 1.29 is 36.6 Å². The molecule has 1 aromatic carbocycles. The van der Waals surface area contributed by atoms with Crippen LogP contribution >= 0.6 is 0 Å². The second-order valence-corrected chi connectivity index (χ2v) is 6.43. The molecule has 2 aliphatic rings. The van der Waals surface area contributed by atoms with Gasteiger partial charge in [-0.25, -0.2) is 8.78 Å². The number of hydrogen-bond donors (Lipinski definition) is 1. The molecule has 1 saturated heterocycles. The highest BCUT2D eigenvalue weighted by Crippen LogP contribution is 2.50. The van der Waals surface area contributed by atoms with E-state index in [1.165, 1.54) is 12.1 Å². The minimum absolute atomic E-state index is 0.0136. The first-order chi connectivity index (χ1) is 11.6. The number of nitrogens with zero attached hydrogens (tertiary/aromatic N) is 1. The van der Waals surface area contributed by atoms with Gasteiger partial charge in [-0.3, -0.25) is 9.59 Å². The number of alkyl halides is 3. The maximum absolute atomic E-state index is 13.8. The first-order valence-electron chi connectivity index (χ1n) is 7.63. The third-order valence-corrected chi connectivity index (χ3v) is 4.86. The Morgan fingerprint density at radius 1 is 1.12 bits per heavy atom. The highest BCUT2D eigenvalue weighted by atomic mass is 19.4. The lowest BCUT2D eigenvalue weighted by Crippen LogP contribution is -2.34. The number of rotatable bonds is 3. The molecule has 4 nitrogen and oxygen atoms in total. The lowest BCUT2D eigenvalue weighted by molar-refractivity contribution is -0.188. The molecule has 1 N–H and O–H groups in total. The Morgan fingerprint density at radius 2 is 1.80 bits per heavy atom. The smallest absolute Gasteiger partial charge is 0.394 e. The van der Waals surface area contributed by atoms with Crippen molar-refractivity contribution in [3.05, 3.63) is 35.4 Å². The molecule has 1 saturated carbocycles. The lowest BCUT2D eigenvalue weighted by Gasteiger charge is -2.18. The highest BCUT2D eigenvalue weighted by molar-refractivity contribution is 5.84. The van der Waals surface area contributed by atoms with E-state index in [0.29, 0.717) is 0 Å². The fourth-order valence-electron chi connectivity index (χ4n) is 3.42. The Kier molecular flexibility index (Phi) is 4.20. The summed E-state index contributed by atoms with van der Waals surface area (Å²) < 4.78 is 65.9. The molecule has 9 heteroatoms. The van der Waals surface area contributed by atoms with E-state index in [1.807, 2.05) is 0 Å². The number of carbonyl (C=O) groups excluding carboxylic acids is 1. The number of carboxylic acid groups (broad SMARTS) is 1. The normalized spacial score (nSPS) is 28.9. The van der Waals surface area contributed by atoms with Gasteiger partial charge < -0.3 is 10.0 Å². The van der Waals surface area contributed by atoms with E-state index in [1.54, 1.807) is 0 Å². The Bertz CT molecular complexity index is 720. The zero-order valence-corrected chi connectivity index (χ0v) is 12.8. The summed E-state index contributed by atoms with van der Waals surface area (Å²) in [4.78, 5) is 24.3. The number of carbonyl (C=O) groups is 2. The minimum atomic E-state index is -4.73. The van der Waals surface area contributed by atoms with Crippen LogP contribution in [0.3, 0.4) is 0 Å². The average Bonchev–Trinajstić information content (AvgIpc) is 3.15. The van der Waals surface area contributed by atoms with Gasteiger partial charge in [-0.05, 0) is 24.0 Å². The molecule has 25 heavy (non-hydrogen) atoms. The average molecular weight is 363 g/mol. The third kappa shape index (κ3) is 3.19. The molecule has 2 fully saturated rings. The third-order valence-electron chi connectivity index (χ3n) is 4.86. The van der Waals surface area contributed by atoms with E-state index in [9.17, 15) is 31.5 Å². The summed E-state index contributed by atoms with van der Waals surface area (Å²) in [7, 11) is 0. The van der Waals surface area contributed by atoms with Gasteiger partial charge in [-0.2, -0.15) is 13.2 Å². The molecular weight excluding hydrogens is 349 g/mol. The molecule has 2 unspecified atom stereocenters. The largest absolute Gasteiger partial charge is 0.481 e. The van der Waals surface area contributed by atoms with Crippen molar-refractivity contribution >= 4 is 11.9 Å². The van der Waals surface area contributed by atoms with Crippen LogP contribution < -0.4 is 0 Å². The fraction of sp³-hybridized carbons (Fsp3) is 0.500. The Morgan fingerprint density at radius 3 is 2.36 bits per heavy atom. The van der Waals surface area contributed by atoms with Gasteiger partial charge in [0.25, 0.3) is 0 Å². The van der Waals surface area contributed by atoms with E-state index in [0.717, 1.165) is 11.0 Å². The SMILES string of the molecule is O=C(O)[C@@H]1CN(C(=O)C2CC2c2cccc(F)c2F)C[C@H]1C(F)(F)F. The van der Waals surface area contributed by atoms with Gasteiger partial charge in [0.05, 0.1) is 11.8 Å². The molecule has 0 aromatic heterocycles. The summed E-state index contributed by atoms with van der Waals surface area (Å²) in [5.74, 6) is -9.58. The lowest BCUT2D eigenvalue weighted by atomic mass is 9.96. The quantitative estimate of drug-likeness (QED) is 0.841. The molecule has 0 spiro atoms. The maximum atomic E-state index is 13.8. The molecule has 0 radical (unpaired) electrons. The van der Waals surface area contributed by atoms with E-state index in [2.05, 4.69) is 0 Å². The molecule has 3 rings (SSSR count). The zero-order chi connectivity index (χ0) is 18.5. The van der Waals surface area contributed by atoms with Crippen LogP contribution in [0, 0.1) is 29.4 Å². The van der Waals surface area contributed by atoms with Gasteiger partial charge in [-0.15, -0.1) is 0 Å². The first kappa shape index (κ1) is 17.6. The van der Waals surface area contributed by atoms with Crippen LogP contribution in [0.1, 0.15) is 17.9 Å². The summed E-state index contributed by atoms with van der Waals surface area (Å²) >= 11 is 0. The predicted octanol–water partition coefficient (Wildman–Crippen LogP) is 2.79. The molecule has 136 valence electrons. The van der Waals surface area contributed by atoms with Crippen molar-refractivity contribution in [2.75, 3.05) is 13.1 Å². The number of hydrogen-bond acceptors (Lipinski definition) is 2. The summed E-state index contributed by atoms with van der Waals surface area (Å²) in [5.41, 5.74) is 0.0136. The summed E-state index contributed by atoms with van der Waals surface area (Å²) in [5, 5.41) is 8.97. The van der Waals surface area contributed by atoms with Gasteiger partial charge in [0.15, 0.2) is 11.6 Å². The highest BCUT2D eigenvalue weighted by Gasteiger charge is 2.56. The van der Waals surface area contributed by atoms with Crippen LogP contribution in [0.25, 0.3) is 0 Å². The molecule has 1 aliphatic heterocycles. The van der Waals surface area contributed by atoms with Crippen molar-refractivity contribution in [1.29, 1.82) is 0 Å². The van der Waals surface area contributed by atoms with Crippen LogP contribution in [0.5, 0.6) is 0 Å². The maximum Gasteiger partial charge on any atom is 0.394 e. The standard InChI is InChI=1S/C16H14F5NO3/c17-12-3-1-2-7(13(12)18)8-4-9(8)14(23)22-5-10(15(24)25)11(6-22)16(19,20)21/h1-3,8-11H,4-6H2,(H,24,25)/t8?,9?,10-,11-/m1/s1. The van der Waals surface area contributed by atoms with Crippen LogP contribution in [0.4, 0.5) is 22.0 Å². The molecule has 1 aromatic rings. The van der Waals surface area contributed by atoms with E-state index < -0.39 is 66.4 Å². The zero-order valence-electron chi connectivity index (χ0n) is 12.8. The van der Waals surface area contributed by atoms with Gasteiger partial charge in [0.2, 0.25) is 5.91 Å². The Labute approximate surface area is 139 Å². The summed E-state index contributed by atoms with van der Waals surface area (Å²) in [6, 6.07) is 3.56. The monoisotopic (exact) mass is 363 g/mol. The molecule has 1 aliphatic carbocycles. The van der Waals surface area contributed by atoms with Crippen molar-refractivity contribution in [2.24, 2.45) is 17.8 Å². The number of carboxylic acids is 1. The summed E-state index contributed by atoms with van der Waals surface area (Å²) in [6.45, 7) is -1.26. The van der Waals surface area contributed by atoms with Gasteiger partial charge in [0, 0.05) is 19.0 Å². The number of benzene rings is 1. The number of halogens is 5. The Hall–Kier alpha value is -2.19. The molecule has 1 amide bonds. The van der Waals surface area contributed by atoms with Crippen molar-refractivity contribution in [3.8, 4) is 0 Å². The van der Waals surface area contributed by atoms with Crippen LogP contribution in [0.15, 0.2) is 18.2 Å². The van der Waals surface area contributed by atoms with Crippen molar-refractivity contribution in [3.63, 3.8) is 0 Å². The van der Waals surface area contributed by atoms with Crippen molar-refractivity contribution in [2.45, 2.75) is 18.5 Å². The first-order valence-corrected chi connectivity index (χ1v) is 7.63. The van der Waals surface area contributed by atoms with Gasteiger partial charge in [-0.1, -0.05) is 12.1 Å². The van der Waals surface area contributed by atoms with Crippen LogP contribution in [-0.2, 0) is 9.59 Å². The fourth-order valence-corrected chi connectivity index (χ4v) is 3.42. The second-order valence-electron chi connectivity index (χ2n) is 6.43. The van der Waals surface area contributed by atoms with Crippen LogP contribution in [0.2, 0.25) is 0 Å². The molecular formula is C16H14F5NO3. The van der Waals surface area contributed by atoms with E-state index in [-0.39, 0.29) is 12.0 Å².